The highest BCUT2D eigenvalue weighted by Gasteiger charge is 2.73. The molecule has 16 heteroatoms. The van der Waals surface area contributed by atoms with E-state index in [-0.39, 0.29) is 42.3 Å². The number of amides is 2. The minimum absolute atomic E-state index is 0.0927. The van der Waals surface area contributed by atoms with E-state index in [4.69, 9.17) is 0 Å². The van der Waals surface area contributed by atoms with Crippen molar-refractivity contribution in [3.8, 4) is 0 Å². The highest BCUT2D eigenvalue weighted by Crippen LogP contribution is 2.54. The van der Waals surface area contributed by atoms with Gasteiger partial charge in [-0.3, -0.25) is 4.79 Å². The fourth-order valence-corrected chi connectivity index (χ4v) is 7.82. The molecule has 0 bridgehead atoms. The molecular weight excluding hydrogens is 656 g/mol. The number of urea groups is 1. The summed E-state index contributed by atoms with van der Waals surface area (Å²) in [6.07, 6.45) is -8.86. The van der Waals surface area contributed by atoms with Crippen molar-refractivity contribution in [2.75, 3.05) is 25.9 Å². The summed E-state index contributed by atoms with van der Waals surface area (Å²) in [7, 11) is 0.284. The van der Waals surface area contributed by atoms with Gasteiger partial charge in [-0.05, 0) is 78.3 Å². The SMILES string of the molecule is CS(=O)Sc1ccc(F)cc1.O=C(O)C1CCCN(C(=O)N2CCC3c4ccc(C(F)(C(F)(F)F)C(F)(F)F)cc4CCC32)C1. The van der Waals surface area contributed by atoms with E-state index in [2.05, 4.69) is 0 Å². The number of carbonyl (C=O) groups excluding carboxylic acids is 1. The number of likely N-dealkylation sites (tertiary alicyclic amines) is 2. The first-order chi connectivity index (χ1) is 20.9. The molecule has 2 aromatic carbocycles. The Morgan fingerprint density at radius 1 is 0.933 bits per heavy atom. The third kappa shape index (κ3) is 7.42. The van der Waals surface area contributed by atoms with E-state index in [9.17, 15) is 54.0 Å². The molecule has 2 fully saturated rings. The standard InChI is InChI=1S/C22H23F7N2O3.C7H7FOS2/c23-20(21(24,25)26,22(27,28)29)14-4-5-15-12(10-14)3-6-17-16(15)7-9-31(17)19(34)30-8-1-2-13(11-30)18(32)33;1-11(9)10-7-4-2-6(8)3-5-7/h4-5,10,13,16-17H,1-3,6-9,11H2,(H,32,33);2-5H,1H3. The summed E-state index contributed by atoms with van der Waals surface area (Å²) < 4.78 is 116. The third-order valence-electron chi connectivity index (χ3n) is 8.29. The Hall–Kier alpha value is -2.88. The molecule has 45 heavy (non-hydrogen) atoms. The summed E-state index contributed by atoms with van der Waals surface area (Å²) in [4.78, 5) is 28.4. The molecule has 1 aliphatic carbocycles. The molecule has 0 spiro atoms. The molecule has 4 unspecified atom stereocenters. The highest BCUT2D eigenvalue weighted by atomic mass is 33.1. The van der Waals surface area contributed by atoms with Gasteiger partial charge in [-0.1, -0.05) is 18.2 Å². The Bertz CT molecular complexity index is 1410. The summed E-state index contributed by atoms with van der Waals surface area (Å²) in [6.45, 7) is 0.848. The second kappa shape index (κ2) is 13.5. The molecule has 1 N–H and O–H groups in total. The zero-order valence-corrected chi connectivity index (χ0v) is 25.5. The molecule has 3 aliphatic rings. The number of nitrogens with zero attached hydrogens (tertiary/aromatic N) is 2. The summed E-state index contributed by atoms with van der Waals surface area (Å²) in [5.74, 6) is -2.19. The fourth-order valence-electron chi connectivity index (χ4n) is 6.16. The average molecular weight is 687 g/mol. The molecule has 0 saturated carbocycles. The van der Waals surface area contributed by atoms with Crippen molar-refractivity contribution in [1.82, 2.24) is 9.80 Å². The van der Waals surface area contributed by atoms with Gasteiger partial charge in [0.1, 0.15) is 5.82 Å². The topological polar surface area (TPSA) is 77.9 Å². The lowest BCUT2D eigenvalue weighted by Gasteiger charge is -2.39. The van der Waals surface area contributed by atoms with Crippen LogP contribution in [0.25, 0.3) is 0 Å². The predicted molar refractivity (Wildman–Crippen MR) is 151 cm³/mol. The van der Waals surface area contributed by atoms with Crippen molar-refractivity contribution in [3.05, 3.63) is 65.0 Å². The molecule has 2 heterocycles. The van der Waals surface area contributed by atoms with Crippen molar-refractivity contribution >= 4 is 32.6 Å². The van der Waals surface area contributed by atoms with E-state index in [0.29, 0.717) is 56.5 Å². The number of hydrogen-bond acceptors (Lipinski definition) is 4. The van der Waals surface area contributed by atoms with Crippen molar-refractivity contribution in [3.63, 3.8) is 0 Å². The van der Waals surface area contributed by atoms with Crippen LogP contribution in [-0.4, -0.2) is 75.4 Å². The van der Waals surface area contributed by atoms with E-state index in [1.54, 1.807) is 23.3 Å². The van der Waals surface area contributed by atoms with Crippen LogP contribution in [0.2, 0.25) is 0 Å². The van der Waals surface area contributed by atoms with Gasteiger partial charge in [0.05, 0.1) is 15.7 Å². The quantitative estimate of drug-likeness (QED) is 0.272. The minimum atomic E-state index is -6.17. The lowest BCUT2D eigenvalue weighted by Crippen LogP contribution is -2.51. The number of carboxylic acid groups (broad SMARTS) is 1. The molecule has 6 nitrogen and oxygen atoms in total. The van der Waals surface area contributed by atoms with Crippen LogP contribution in [0.3, 0.4) is 0 Å². The van der Waals surface area contributed by atoms with Gasteiger partial charge in [0.15, 0.2) is 0 Å². The van der Waals surface area contributed by atoms with Crippen LogP contribution in [0, 0.1) is 11.7 Å². The molecule has 2 saturated heterocycles. The van der Waals surface area contributed by atoms with Crippen LogP contribution >= 0.6 is 10.8 Å². The Balaban J connectivity index is 0.000000354. The fraction of sp³-hybridized carbons (Fsp3) is 0.517. The second-order valence-electron chi connectivity index (χ2n) is 11.1. The van der Waals surface area contributed by atoms with Crippen LogP contribution in [0.5, 0.6) is 0 Å². The molecule has 248 valence electrons. The molecule has 0 radical (unpaired) electrons. The maximum Gasteiger partial charge on any atom is 0.435 e. The largest absolute Gasteiger partial charge is 0.481 e. The number of benzene rings is 2. The lowest BCUT2D eigenvalue weighted by molar-refractivity contribution is -0.348. The van der Waals surface area contributed by atoms with E-state index in [1.807, 2.05) is 0 Å². The summed E-state index contributed by atoms with van der Waals surface area (Å²) in [6, 6.07) is 7.62. The van der Waals surface area contributed by atoms with Gasteiger partial charge in [-0.2, -0.15) is 26.3 Å². The van der Waals surface area contributed by atoms with E-state index in [0.717, 1.165) is 11.0 Å². The van der Waals surface area contributed by atoms with Gasteiger partial charge in [0.2, 0.25) is 0 Å². The Morgan fingerprint density at radius 2 is 1.58 bits per heavy atom. The van der Waals surface area contributed by atoms with Crippen molar-refractivity contribution < 1.29 is 54.0 Å². The zero-order chi connectivity index (χ0) is 33.3. The molecule has 4 atom stereocenters. The Kier molecular flexibility index (Phi) is 10.5. The summed E-state index contributed by atoms with van der Waals surface area (Å²) in [5, 5.41) is 9.26. The van der Waals surface area contributed by atoms with Crippen LogP contribution in [0.4, 0.5) is 39.9 Å². The van der Waals surface area contributed by atoms with Gasteiger partial charge < -0.3 is 14.9 Å². The second-order valence-corrected chi connectivity index (χ2v) is 14.5. The smallest absolute Gasteiger partial charge is 0.435 e. The van der Waals surface area contributed by atoms with Crippen LogP contribution in [-0.2, 0) is 26.7 Å². The van der Waals surface area contributed by atoms with Gasteiger partial charge in [-0.15, -0.1) is 0 Å². The molecule has 2 amide bonds. The number of hydrogen-bond donors (Lipinski definition) is 1. The number of aliphatic carboxylic acids is 1. The van der Waals surface area contributed by atoms with Gasteiger partial charge in [-0.25, -0.2) is 17.8 Å². The van der Waals surface area contributed by atoms with Crippen molar-refractivity contribution in [2.45, 2.75) is 67.0 Å². The predicted octanol–water partition coefficient (Wildman–Crippen LogP) is 7.21. The number of carbonyl (C=O) groups is 2. The van der Waals surface area contributed by atoms with E-state index < -0.39 is 45.3 Å². The van der Waals surface area contributed by atoms with Crippen LogP contribution < -0.4 is 0 Å². The normalized spacial score (nSPS) is 22.6. The van der Waals surface area contributed by atoms with Gasteiger partial charge in [0, 0.05) is 48.3 Å². The minimum Gasteiger partial charge on any atom is -0.481 e. The molecule has 0 aromatic heterocycles. The molecular formula is C29H30F8N2O4S2. The Labute approximate surface area is 260 Å². The van der Waals surface area contributed by atoms with E-state index in [1.165, 1.54) is 27.8 Å². The molecule has 5 rings (SSSR count). The van der Waals surface area contributed by atoms with E-state index >= 15 is 0 Å². The maximum atomic E-state index is 14.5. The first-order valence-electron chi connectivity index (χ1n) is 14.0. The number of halogens is 8. The van der Waals surface area contributed by atoms with Crippen LogP contribution in [0.1, 0.15) is 48.3 Å². The van der Waals surface area contributed by atoms with Crippen molar-refractivity contribution in [2.24, 2.45) is 5.92 Å². The number of alkyl halides is 7. The number of aryl methyl sites for hydroxylation is 1. The van der Waals surface area contributed by atoms with Gasteiger partial charge in [0.25, 0.3) is 0 Å². The Morgan fingerprint density at radius 3 is 2.16 bits per heavy atom. The highest BCUT2D eigenvalue weighted by molar-refractivity contribution is 8.68. The third-order valence-corrected chi connectivity index (χ3v) is 10.3. The van der Waals surface area contributed by atoms with Crippen molar-refractivity contribution in [1.29, 1.82) is 0 Å². The number of fused-ring (bicyclic) bond motifs is 3. The first-order valence-corrected chi connectivity index (χ1v) is 16.8. The first kappa shape index (κ1) is 35.0. The number of piperidine rings is 1. The zero-order valence-electron chi connectivity index (χ0n) is 23.8. The maximum absolute atomic E-state index is 14.5. The average Bonchev–Trinajstić information content (AvgIpc) is 3.41. The molecule has 2 aliphatic heterocycles. The lowest BCUT2D eigenvalue weighted by atomic mass is 9.77. The number of rotatable bonds is 4. The number of carboxylic acids is 1. The summed E-state index contributed by atoms with van der Waals surface area (Å²) >= 11 is 0. The summed E-state index contributed by atoms with van der Waals surface area (Å²) in [5.41, 5.74) is -6.24. The monoisotopic (exact) mass is 686 g/mol. The molecule has 2 aromatic rings. The van der Waals surface area contributed by atoms with Crippen LogP contribution in [0.15, 0.2) is 47.4 Å². The van der Waals surface area contributed by atoms with Gasteiger partial charge >= 0.3 is 30.0 Å².